The average Bonchev–Trinajstić information content (AvgIpc) is 2.70. The fraction of sp³-hybridized carbons (Fsp3) is 0.0833. The van der Waals surface area contributed by atoms with Crippen molar-refractivity contribution in [2.75, 3.05) is 0 Å². The summed E-state index contributed by atoms with van der Waals surface area (Å²) in [6.45, 7) is 1.72. The van der Waals surface area contributed by atoms with Crippen molar-refractivity contribution in [3.8, 4) is 11.4 Å². The van der Waals surface area contributed by atoms with Crippen LogP contribution in [-0.4, -0.2) is 32.2 Å². The molecule has 18 heavy (non-hydrogen) atoms. The molecule has 0 spiro atoms. The Labute approximate surface area is 102 Å². The van der Waals surface area contributed by atoms with Gasteiger partial charge in [0.25, 0.3) is 0 Å². The molecule has 2 rings (SSSR count). The minimum atomic E-state index is -1.24. The van der Waals surface area contributed by atoms with E-state index in [4.69, 9.17) is 5.11 Å². The van der Waals surface area contributed by atoms with Crippen LogP contribution in [0.25, 0.3) is 5.69 Å². The highest BCUT2D eigenvalue weighted by atomic mass is 16.4. The number of benzene rings is 1. The fourth-order valence-electron chi connectivity index (χ4n) is 1.64. The van der Waals surface area contributed by atoms with Crippen LogP contribution < -0.4 is 0 Å². The Morgan fingerprint density at radius 1 is 1.39 bits per heavy atom. The van der Waals surface area contributed by atoms with Crippen molar-refractivity contribution >= 4 is 12.3 Å². The predicted molar refractivity (Wildman–Crippen MR) is 62.3 cm³/mol. The summed E-state index contributed by atoms with van der Waals surface area (Å²) in [7, 11) is 0. The molecule has 0 bridgehead atoms. The van der Waals surface area contributed by atoms with Crippen LogP contribution in [0.5, 0.6) is 5.75 Å². The number of aldehydes is 1. The Morgan fingerprint density at radius 2 is 2.11 bits per heavy atom. The molecule has 0 fully saturated rings. The van der Waals surface area contributed by atoms with Crippen molar-refractivity contribution in [2.45, 2.75) is 6.92 Å². The second kappa shape index (κ2) is 4.33. The van der Waals surface area contributed by atoms with E-state index in [2.05, 4.69) is 5.10 Å². The van der Waals surface area contributed by atoms with Crippen molar-refractivity contribution < 1.29 is 19.8 Å². The molecule has 0 amide bonds. The molecule has 0 aliphatic rings. The minimum Gasteiger partial charge on any atom is -0.507 e. The van der Waals surface area contributed by atoms with Gasteiger partial charge in [0.2, 0.25) is 0 Å². The summed E-state index contributed by atoms with van der Waals surface area (Å²) in [5.41, 5.74) is 1.12. The van der Waals surface area contributed by atoms with Crippen LogP contribution in [0.15, 0.2) is 24.3 Å². The SMILES string of the molecule is Cc1cc(C=O)n(-c2ccc(O)c(C(=O)O)c2)n1. The van der Waals surface area contributed by atoms with Crippen LogP contribution in [0.4, 0.5) is 0 Å². The number of carboxylic acid groups (broad SMARTS) is 1. The second-order valence-electron chi connectivity index (χ2n) is 3.75. The Morgan fingerprint density at radius 3 is 2.72 bits per heavy atom. The quantitative estimate of drug-likeness (QED) is 0.798. The molecule has 0 atom stereocenters. The molecule has 0 unspecified atom stereocenters. The number of phenols is 1. The Hall–Kier alpha value is -2.63. The summed E-state index contributed by atoms with van der Waals surface area (Å²) in [4.78, 5) is 21.8. The lowest BCUT2D eigenvalue weighted by Gasteiger charge is -2.06. The van der Waals surface area contributed by atoms with Crippen LogP contribution >= 0.6 is 0 Å². The largest absolute Gasteiger partial charge is 0.507 e. The highest BCUT2D eigenvalue weighted by Gasteiger charge is 2.13. The number of aryl methyl sites for hydroxylation is 1. The predicted octanol–water partition coefficient (Wildman–Crippen LogP) is 1.40. The summed E-state index contributed by atoms with van der Waals surface area (Å²) in [6.07, 6.45) is 0.632. The number of aromatic nitrogens is 2. The van der Waals surface area contributed by atoms with E-state index in [1.54, 1.807) is 13.0 Å². The fourth-order valence-corrected chi connectivity index (χ4v) is 1.64. The molecule has 2 N–H and O–H groups in total. The van der Waals surface area contributed by atoms with Gasteiger partial charge in [-0.1, -0.05) is 0 Å². The molecule has 0 aliphatic heterocycles. The summed E-state index contributed by atoms with van der Waals surface area (Å²) in [5, 5.41) is 22.4. The number of aromatic carboxylic acids is 1. The first-order valence-corrected chi connectivity index (χ1v) is 5.11. The van der Waals surface area contributed by atoms with Crippen LogP contribution in [0.1, 0.15) is 26.5 Å². The third-order valence-electron chi connectivity index (χ3n) is 2.43. The topological polar surface area (TPSA) is 92.4 Å². The van der Waals surface area contributed by atoms with Crippen molar-refractivity contribution in [1.29, 1.82) is 0 Å². The lowest BCUT2D eigenvalue weighted by Crippen LogP contribution is -2.04. The van der Waals surface area contributed by atoms with Crippen LogP contribution in [-0.2, 0) is 0 Å². The number of rotatable bonds is 3. The number of hydrogen-bond donors (Lipinski definition) is 2. The molecule has 6 heteroatoms. The molecule has 0 saturated heterocycles. The first-order valence-electron chi connectivity index (χ1n) is 5.11. The van der Waals surface area contributed by atoms with Gasteiger partial charge in [-0.25, -0.2) is 9.48 Å². The van der Waals surface area contributed by atoms with Gasteiger partial charge in [-0.05, 0) is 31.2 Å². The standard InChI is InChI=1S/C12H10N2O4/c1-7-4-9(6-15)14(13-7)8-2-3-11(16)10(5-8)12(17)18/h2-6,16H,1H3,(H,17,18). The maximum Gasteiger partial charge on any atom is 0.339 e. The Bertz CT molecular complexity index is 631. The number of carbonyl (C=O) groups is 2. The third-order valence-corrected chi connectivity index (χ3v) is 2.43. The van der Waals surface area contributed by atoms with Crippen LogP contribution in [0.2, 0.25) is 0 Å². The first kappa shape index (κ1) is 11.8. The van der Waals surface area contributed by atoms with Gasteiger partial charge in [0, 0.05) is 0 Å². The second-order valence-corrected chi connectivity index (χ2v) is 3.75. The van der Waals surface area contributed by atoms with Crippen molar-refractivity contribution in [2.24, 2.45) is 0 Å². The normalized spacial score (nSPS) is 10.3. The average molecular weight is 246 g/mol. The number of nitrogens with zero attached hydrogens (tertiary/aromatic N) is 2. The minimum absolute atomic E-state index is 0.238. The molecule has 0 radical (unpaired) electrons. The van der Waals surface area contributed by atoms with Gasteiger partial charge < -0.3 is 10.2 Å². The van der Waals surface area contributed by atoms with Crippen LogP contribution in [0, 0.1) is 6.92 Å². The van der Waals surface area contributed by atoms with E-state index < -0.39 is 5.97 Å². The highest BCUT2D eigenvalue weighted by Crippen LogP contribution is 2.21. The molecule has 1 aromatic carbocycles. The summed E-state index contributed by atoms with van der Waals surface area (Å²) < 4.78 is 1.33. The molecular formula is C12H10N2O4. The molecule has 2 aromatic rings. The maximum atomic E-state index is 10.9. The molecule has 6 nitrogen and oxygen atoms in total. The van der Waals surface area contributed by atoms with E-state index >= 15 is 0 Å². The number of carbonyl (C=O) groups excluding carboxylic acids is 1. The highest BCUT2D eigenvalue weighted by molar-refractivity contribution is 5.91. The zero-order chi connectivity index (χ0) is 13.3. The number of aromatic hydroxyl groups is 1. The van der Waals surface area contributed by atoms with Gasteiger partial charge >= 0.3 is 5.97 Å². The Balaban J connectivity index is 2.60. The zero-order valence-electron chi connectivity index (χ0n) is 9.49. The summed E-state index contributed by atoms with van der Waals surface area (Å²) in [5.74, 6) is -1.58. The molecule has 1 heterocycles. The first-order chi connectivity index (χ1) is 8.52. The zero-order valence-corrected chi connectivity index (χ0v) is 9.49. The summed E-state index contributed by atoms with van der Waals surface area (Å²) >= 11 is 0. The van der Waals surface area contributed by atoms with E-state index in [9.17, 15) is 14.7 Å². The lowest BCUT2D eigenvalue weighted by atomic mass is 10.2. The van der Waals surface area contributed by atoms with E-state index in [0.29, 0.717) is 23.4 Å². The van der Waals surface area contributed by atoms with Crippen molar-refractivity contribution in [3.05, 3.63) is 41.2 Å². The van der Waals surface area contributed by atoms with Gasteiger partial charge in [-0.2, -0.15) is 5.10 Å². The van der Waals surface area contributed by atoms with E-state index in [1.165, 1.54) is 22.9 Å². The van der Waals surface area contributed by atoms with Crippen LogP contribution in [0.3, 0.4) is 0 Å². The lowest BCUT2D eigenvalue weighted by molar-refractivity contribution is 0.0693. The number of carboxylic acids is 1. The van der Waals surface area contributed by atoms with Gasteiger partial charge in [-0.3, -0.25) is 4.79 Å². The smallest absolute Gasteiger partial charge is 0.339 e. The van der Waals surface area contributed by atoms with E-state index in [-0.39, 0.29) is 11.3 Å². The van der Waals surface area contributed by atoms with Gasteiger partial charge in [0.05, 0.1) is 11.4 Å². The molecule has 0 saturated carbocycles. The molecular weight excluding hydrogens is 236 g/mol. The molecule has 0 aliphatic carbocycles. The van der Waals surface area contributed by atoms with Crippen molar-refractivity contribution in [3.63, 3.8) is 0 Å². The third kappa shape index (κ3) is 1.95. The molecule has 92 valence electrons. The van der Waals surface area contributed by atoms with Gasteiger partial charge in [0.15, 0.2) is 6.29 Å². The van der Waals surface area contributed by atoms with E-state index in [1.807, 2.05) is 0 Å². The van der Waals surface area contributed by atoms with Gasteiger partial charge in [-0.15, -0.1) is 0 Å². The van der Waals surface area contributed by atoms with Gasteiger partial charge in [0.1, 0.15) is 17.0 Å². The number of hydrogen-bond acceptors (Lipinski definition) is 4. The van der Waals surface area contributed by atoms with E-state index in [0.717, 1.165) is 0 Å². The summed E-state index contributed by atoms with van der Waals surface area (Å²) in [6, 6.07) is 5.59. The Kier molecular flexibility index (Phi) is 2.85. The van der Waals surface area contributed by atoms with Crippen molar-refractivity contribution in [1.82, 2.24) is 9.78 Å². The molecule has 1 aromatic heterocycles. The maximum absolute atomic E-state index is 10.9. The monoisotopic (exact) mass is 246 g/mol.